The molecule has 0 aliphatic heterocycles. The molecule has 2 rings (SSSR count). The number of phenols is 1. The number of carboxylic acids is 1. The first-order valence-corrected chi connectivity index (χ1v) is 5.23. The predicted molar refractivity (Wildman–Crippen MR) is 62.6 cm³/mol. The Labute approximate surface area is 103 Å². The van der Waals surface area contributed by atoms with Crippen LogP contribution in [-0.2, 0) is 13.7 Å². The molecule has 0 spiro atoms. The molecule has 0 atom stereocenters. The summed E-state index contributed by atoms with van der Waals surface area (Å²) in [5.74, 6) is -0.511. The van der Waals surface area contributed by atoms with Crippen LogP contribution in [0.15, 0.2) is 30.5 Å². The summed E-state index contributed by atoms with van der Waals surface area (Å²) in [6.07, 6.45) is 1.59. The molecule has 94 valence electrons. The van der Waals surface area contributed by atoms with Crippen molar-refractivity contribution >= 4 is 5.97 Å². The van der Waals surface area contributed by atoms with E-state index in [1.165, 1.54) is 16.7 Å². The number of hydrogen-bond donors (Lipinski definition) is 2. The second-order valence-electron chi connectivity index (χ2n) is 3.76. The van der Waals surface area contributed by atoms with Crippen molar-refractivity contribution in [3.05, 3.63) is 42.0 Å². The van der Waals surface area contributed by atoms with E-state index < -0.39 is 5.97 Å². The Kier molecular flexibility index (Phi) is 3.18. The highest BCUT2D eigenvalue weighted by atomic mass is 16.5. The summed E-state index contributed by atoms with van der Waals surface area (Å²) in [4.78, 5) is 14.7. The van der Waals surface area contributed by atoms with Crippen molar-refractivity contribution in [3.63, 3.8) is 0 Å². The SMILES string of the molecule is Cn1cc(COc2cccc(O)c2)nc1C(=O)O. The van der Waals surface area contributed by atoms with Crippen LogP contribution in [0.2, 0.25) is 0 Å². The van der Waals surface area contributed by atoms with Crippen LogP contribution < -0.4 is 4.74 Å². The van der Waals surface area contributed by atoms with Gasteiger partial charge in [0.15, 0.2) is 0 Å². The monoisotopic (exact) mass is 248 g/mol. The first-order chi connectivity index (χ1) is 8.56. The first kappa shape index (κ1) is 12.0. The highest BCUT2D eigenvalue weighted by molar-refractivity contribution is 5.83. The highest BCUT2D eigenvalue weighted by Gasteiger charge is 2.12. The summed E-state index contributed by atoms with van der Waals surface area (Å²) < 4.78 is 6.81. The van der Waals surface area contributed by atoms with Crippen LogP contribution in [0.25, 0.3) is 0 Å². The number of ether oxygens (including phenoxy) is 1. The zero-order valence-corrected chi connectivity index (χ0v) is 9.70. The Bertz CT molecular complexity index is 577. The van der Waals surface area contributed by atoms with Crippen LogP contribution in [0.5, 0.6) is 11.5 Å². The van der Waals surface area contributed by atoms with E-state index in [4.69, 9.17) is 9.84 Å². The van der Waals surface area contributed by atoms with Crippen molar-refractivity contribution in [3.8, 4) is 11.5 Å². The second-order valence-corrected chi connectivity index (χ2v) is 3.76. The fourth-order valence-corrected chi connectivity index (χ4v) is 1.53. The van der Waals surface area contributed by atoms with Crippen molar-refractivity contribution in [2.45, 2.75) is 6.61 Å². The molecule has 0 fully saturated rings. The highest BCUT2D eigenvalue weighted by Crippen LogP contribution is 2.18. The smallest absolute Gasteiger partial charge is 0.372 e. The van der Waals surface area contributed by atoms with Gasteiger partial charge in [-0.1, -0.05) is 6.07 Å². The molecule has 6 nitrogen and oxygen atoms in total. The summed E-state index contributed by atoms with van der Waals surface area (Å²) in [6.45, 7) is 0.143. The number of carbonyl (C=O) groups is 1. The maximum Gasteiger partial charge on any atom is 0.372 e. The molecule has 18 heavy (non-hydrogen) atoms. The molecule has 0 radical (unpaired) electrons. The van der Waals surface area contributed by atoms with Gasteiger partial charge in [0.25, 0.3) is 0 Å². The molecule has 6 heteroatoms. The number of aryl methyl sites for hydroxylation is 1. The van der Waals surface area contributed by atoms with Crippen molar-refractivity contribution in [2.75, 3.05) is 0 Å². The van der Waals surface area contributed by atoms with Crippen LogP contribution in [0.1, 0.15) is 16.3 Å². The molecule has 2 aromatic rings. The van der Waals surface area contributed by atoms with E-state index in [1.807, 2.05) is 0 Å². The molecule has 0 unspecified atom stereocenters. The second kappa shape index (κ2) is 4.79. The average molecular weight is 248 g/mol. The lowest BCUT2D eigenvalue weighted by Crippen LogP contribution is -2.05. The largest absolute Gasteiger partial charge is 0.508 e. The summed E-state index contributed by atoms with van der Waals surface area (Å²) in [6, 6.07) is 6.36. The third-order valence-electron chi connectivity index (χ3n) is 2.32. The normalized spacial score (nSPS) is 10.3. The van der Waals surface area contributed by atoms with Gasteiger partial charge < -0.3 is 19.5 Å². The minimum absolute atomic E-state index is 0.0375. The predicted octanol–water partition coefficient (Wildman–Crippen LogP) is 1.40. The number of carboxylic acid groups (broad SMARTS) is 1. The van der Waals surface area contributed by atoms with Gasteiger partial charge >= 0.3 is 5.97 Å². The molecule has 0 bridgehead atoms. The summed E-state index contributed by atoms with van der Waals surface area (Å²) in [5.41, 5.74) is 0.512. The number of aromatic nitrogens is 2. The van der Waals surface area contributed by atoms with Gasteiger partial charge in [0.2, 0.25) is 5.82 Å². The van der Waals surface area contributed by atoms with Gasteiger partial charge in [0.1, 0.15) is 18.1 Å². The van der Waals surface area contributed by atoms with Crippen molar-refractivity contribution in [1.82, 2.24) is 9.55 Å². The van der Waals surface area contributed by atoms with Gasteiger partial charge in [0, 0.05) is 19.3 Å². The number of benzene rings is 1. The zero-order chi connectivity index (χ0) is 13.1. The van der Waals surface area contributed by atoms with Gasteiger partial charge in [0.05, 0.1) is 5.69 Å². The van der Waals surface area contributed by atoms with Crippen molar-refractivity contribution < 1.29 is 19.7 Å². The van der Waals surface area contributed by atoms with E-state index in [1.54, 1.807) is 25.4 Å². The molecule has 1 heterocycles. The number of rotatable bonds is 4. The van der Waals surface area contributed by atoms with Gasteiger partial charge in [-0.3, -0.25) is 0 Å². The molecule has 1 aromatic carbocycles. The van der Waals surface area contributed by atoms with Crippen molar-refractivity contribution in [1.29, 1.82) is 0 Å². The Balaban J connectivity index is 2.06. The molecular weight excluding hydrogens is 236 g/mol. The standard InChI is InChI=1S/C12H12N2O4/c1-14-6-8(13-11(14)12(16)17)7-18-10-4-2-3-9(15)5-10/h2-6,15H,7H2,1H3,(H,16,17). The molecule has 0 saturated carbocycles. The number of phenolic OH excluding ortho intramolecular Hbond substituents is 1. The average Bonchev–Trinajstić information content (AvgIpc) is 2.68. The van der Waals surface area contributed by atoms with Gasteiger partial charge in [-0.2, -0.15) is 0 Å². The summed E-state index contributed by atoms with van der Waals surface area (Å²) in [5, 5.41) is 18.1. The van der Waals surface area contributed by atoms with Crippen LogP contribution in [0.3, 0.4) is 0 Å². The van der Waals surface area contributed by atoms with Gasteiger partial charge in [-0.15, -0.1) is 0 Å². The lowest BCUT2D eigenvalue weighted by molar-refractivity contribution is 0.0679. The maximum atomic E-state index is 10.8. The summed E-state index contributed by atoms with van der Waals surface area (Å²) >= 11 is 0. The summed E-state index contributed by atoms with van der Waals surface area (Å²) in [7, 11) is 1.61. The fourth-order valence-electron chi connectivity index (χ4n) is 1.53. The number of hydrogen-bond acceptors (Lipinski definition) is 4. The third kappa shape index (κ3) is 2.60. The Morgan fingerprint density at radius 3 is 2.89 bits per heavy atom. The maximum absolute atomic E-state index is 10.8. The molecule has 0 aliphatic rings. The molecular formula is C12H12N2O4. The molecule has 1 aromatic heterocycles. The number of nitrogens with zero attached hydrogens (tertiary/aromatic N) is 2. The van der Waals surface area contributed by atoms with Crippen LogP contribution >= 0.6 is 0 Å². The molecule has 0 aliphatic carbocycles. The van der Waals surface area contributed by atoms with E-state index in [0.717, 1.165) is 0 Å². The quantitative estimate of drug-likeness (QED) is 0.854. The van der Waals surface area contributed by atoms with Crippen LogP contribution in [-0.4, -0.2) is 25.7 Å². The Hall–Kier alpha value is -2.50. The van der Waals surface area contributed by atoms with Crippen LogP contribution in [0.4, 0.5) is 0 Å². The minimum atomic E-state index is -1.08. The zero-order valence-electron chi connectivity index (χ0n) is 9.70. The number of imidazole rings is 1. The third-order valence-corrected chi connectivity index (χ3v) is 2.32. The number of aromatic hydroxyl groups is 1. The Morgan fingerprint density at radius 2 is 2.28 bits per heavy atom. The van der Waals surface area contributed by atoms with E-state index in [-0.39, 0.29) is 18.2 Å². The van der Waals surface area contributed by atoms with Gasteiger partial charge in [-0.05, 0) is 12.1 Å². The van der Waals surface area contributed by atoms with E-state index in [0.29, 0.717) is 11.4 Å². The molecule has 0 amide bonds. The minimum Gasteiger partial charge on any atom is -0.508 e. The first-order valence-electron chi connectivity index (χ1n) is 5.23. The fraction of sp³-hybridized carbons (Fsp3) is 0.167. The van der Waals surface area contributed by atoms with E-state index in [2.05, 4.69) is 4.98 Å². The van der Waals surface area contributed by atoms with Crippen LogP contribution in [0, 0.1) is 0 Å². The van der Waals surface area contributed by atoms with E-state index in [9.17, 15) is 9.90 Å². The van der Waals surface area contributed by atoms with Crippen molar-refractivity contribution in [2.24, 2.45) is 7.05 Å². The lowest BCUT2D eigenvalue weighted by Gasteiger charge is -2.03. The molecule has 2 N–H and O–H groups in total. The Morgan fingerprint density at radius 1 is 1.50 bits per heavy atom. The lowest BCUT2D eigenvalue weighted by atomic mass is 10.3. The van der Waals surface area contributed by atoms with Gasteiger partial charge in [-0.25, -0.2) is 9.78 Å². The topological polar surface area (TPSA) is 84.6 Å². The molecule has 0 saturated heterocycles. The number of aromatic carboxylic acids is 1. The van der Waals surface area contributed by atoms with E-state index >= 15 is 0 Å².